The standard InChI is InChI=1S/C33H35F3O6/c1-3-5-6-9-22-40-30(33(34,35)36)20-23-41-32(38)28-10-7-8-11-29(28)42-31(37)26-14-12-24(13-15-26)25-16-18-27(19-17-25)39-21-4-2/h4,7-8,10-19,30H,2-3,5-6,9,20-23H2,1H3. The molecule has 0 amide bonds. The highest BCUT2D eigenvalue weighted by atomic mass is 19.4. The Kier molecular flexibility index (Phi) is 12.6. The van der Waals surface area contributed by atoms with Crippen LogP contribution >= 0.6 is 0 Å². The first kappa shape index (κ1) is 32.4. The molecular formula is C33H35F3O6. The van der Waals surface area contributed by atoms with E-state index in [1.807, 2.05) is 31.2 Å². The molecule has 3 rings (SSSR count). The number of para-hydroxylation sites is 1. The van der Waals surface area contributed by atoms with E-state index in [9.17, 15) is 22.8 Å². The minimum absolute atomic E-state index is 0.0186. The number of alkyl halides is 3. The quantitative estimate of drug-likeness (QED) is 0.0731. The van der Waals surface area contributed by atoms with Crippen LogP contribution in [0.25, 0.3) is 11.1 Å². The Hall–Kier alpha value is -4.11. The van der Waals surface area contributed by atoms with Gasteiger partial charge >= 0.3 is 18.1 Å². The van der Waals surface area contributed by atoms with E-state index in [2.05, 4.69) is 6.58 Å². The summed E-state index contributed by atoms with van der Waals surface area (Å²) >= 11 is 0. The minimum atomic E-state index is -4.58. The molecule has 0 aliphatic rings. The maximum atomic E-state index is 13.4. The van der Waals surface area contributed by atoms with Gasteiger partial charge in [0.05, 0.1) is 12.2 Å². The molecule has 0 saturated carbocycles. The summed E-state index contributed by atoms with van der Waals surface area (Å²) in [5.74, 6) is -0.963. The van der Waals surface area contributed by atoms with Gasteiger partial charge in [0.25, 0.3) is 0 Å². The van der Waals surface area contributed by atoms with E-state index in [0.29, 0.717) is 18.8 Å². The first-order chi connectivity index (χ1) is 20.2. The van der Waals surface area contributed by atoms with Crippen LogP contribution in [0.1, 0.15) is 59.7 Å². The Labute approximate surface area is 244 Å². The second-order valence-corrected chi connectivity index (χ2v) is 9.47. The third-order valence-electron chi connectivity index (χ3n) is 6.28. The van der Waals surface area contributed by atoms with Crippen molar-refractivity contribution in [3.8, 4) is 22.6 Å². The van der Waals surface area contributed by atoms with Gasteiger partial charge in [0.1, 0.15) is 23.7 Å². The van der Waals surface area contributed by atoms with Crippen molar-refractivity contribution >= 4 is 11.9 Å². The minimum Gasteiger partial charge on any atom is -0.490 e. The van der Waals surface area contributed by atoms with Crippen LogP contribution in [-0.2, 0) is 9.47 Å². The molecule has 0 aliphatic heterocycles. The van der Waals surface area contributed by atoms with Crippen LogP contribution in [0.5, 0.6) is 11.5 Å². The molecule has 42 heavy (non-hydrogen) atoms. The number of carbonyl (C=O) groups excluding carboxylic acids is 2. The topological polar surface area (TPSA) is 71.1 Å². The Morgan fingerprint density at radius 1 is 0.857 bits per heavy atom. The second kappa shape index (κ2) is 16.4. The number of carbonyl (C=O) groups is 2. The maximum Gasteiger partial charge on any atom is 0.414 e. The van der Waals surface area contributed by atoms with Gasteiger partial charge < -0.3 is 18.9 Å². The van der Waals surface area contributed by atoms with Crippen LogP contribution in [0.3, 0.4) is 0 Å². The average Bonchev–Trinajstić information content (AvgIpc) is 2.99. The molecule has 224 valence electrons. The highest BCUT2D eigenvalue weighted by Crippen LogP contribution is 2.27. The van der Waals surface area contributed by atoms with Crippen LogP contribution in [0.15, 0.2) is 85.5 Å². The number of esters is 2. The maximum absolute atomic E-state index is 13.4. The van der Waals surface area contributed by atoms with Crippen molar-refractivity contribution in [2.24, 2.45) is 0 Å². The van der Waals surface area contributed by atoms with E-state index < -0.39 is 37.2 Å². The van der Waals surface area contributed by atoms with Crippen LogP contribution in [0.4, 0.5) is 13.2 Å². The Balaban J connectivity index is 1.57. The second-order valence-electron chi connectivity index (χ2n) is 9.47. The van der Waals surface area contributed by atoms with E-state index in [4.69, 9.17) is 18.9 Å². The average molecular weight is 585 g/mol. The molecule has 0 fully saturated rings. The van der Waals surface area contributed by atoms with Crippen LogP contribution in [-0.4, -0.2) is 44.0 Å². The predicted molar refractivity (Wildman–Crippen MR) is 154 cm³/mol. The summed E-state index contributed by atoms with van der Waals surface area (Å²) in [7, 11) is 0. The summed E-state index contributed by atoms with van der Waals surface area (Å²) in [4.78, 5) is 25.5. The third-order valence-corrected chi connectivity index (χ3v) is 6.28. The zero-order chi connectivity index (χ0) is 30.4. The van der Waals surface area contributed by atoms with Gasteiger partial charge in [-0.1, -0.05) is 75.2 Å². The highest BCUT2D eigenvalue weighted by Gasteiger charge is 2.40. The number of rotatable bonds is 16. The van der Waals surface area contributed by atoms with Crippen molar-refractivity contribution in [2.75, 3.05) is 19.8 Å². The fourth-order valence-electron chi connectivity index (χ4n) is 4.01. The van der Waals surface area contributed by atoms with Crippen molar-refractivity contribution in [3.63, 3.8) is 0 Å². The Morgan fingerprint density at radius 2 is 1.52 bits per heavy atom. The fourth-order valence-corrected chi connectivity index (χ4v) is 4.01. The Bertz CT molecular complexity index is 1290. The monoisotopic (exact) mass is 584 g/mol. The summed E-state index contributed by atoms with van der Waals surface area (Å²) in [6.45, 7) is 5.50. The third kappa shape index (κ3) is 10.1. The molecule has 0 aromatic heterocycles. The SMILES string of the molecule is C=CCOc1ccc(-c2ccc(C(=O)Oc3ccccc3C(=O)OCCC(OCCCCCC)C(F)(F)F)cc2)cc1. The number of ether oxygens (including phenoxy) is 4. The number of hydrogen-bond acceptors (Lipinski definition) is 6. The summed E-state index contributed by atoms with van der Waals surface area (Å²) in [6, 6.07) is 20.1. The summed E-state index contributed by atoms with van der Waals surface area (Å²) in [5.41, 5.74) is 1.96. The molecule has 0 spiro atoms. The van der Waals surface area contributed by atoms with E-state index in [-0.39, 0.29) is 23.5 Å². The van der Waals surface area contributed by atoms with Crippen molar-refractivity contribution < 1.29 is 41.7 Å². The molecule has 3 aromatic carbocycles. The Morgan fingerprint density at radius 3 is 2.17 bits per heavy atom. The van der Waals surface area contributed by atoms with E-state index in [0.717, 1.165) is 30.4 Å². The number of hydrogen-bond donors (Lipinski definition) is 0. The van der Waals surface area contributed by atoms with Crippen molar-refractivity contribution in [1.29, 1.82) is 0 Å². The molecule has 0 radical (unpaired) electrons. The van der Waals surface area contributed by atoms with Crippen molar-refractivity contribution in [3.05, 3.63) is 96.6 Å². The van der Waals surface area contributed by atoms with Gasteiger partial charge in [0, 0.05) is 13.0 Å². The van der Waals surface area contributed by atoms with Crippen molar-refractivity contribution in [1.82, 2.24) is 0 Å². The van der Waals surface area contributed by atoms with Gasteiger partial charge in [-0.25, -0.2) is 9.59 Å². The predicted octanol–water partition coefficient (Wildman–Crippen LogP) is 8.21. The van der Waals surface area contributed by atoms with E-state index >= 15 is 0 Å². The first-order valence-electron chi connectivity index (χ1n) is 13.8. The lowest BCUT2D eigenvalue weighted by atomic mass is 10.0. The molecule has 1 atom stereocenters. The highest BCUT2D eigenvalue weighted by molar-refractivity contribution is 5.96. The molecular weight excluding hydrogens is 549 g/mol. The lowest BCUT2D eigenvalue weighted by molar-refractivity contribution is -0.224. The van der Waals surface area contributed by atoms with Crippen LogP contribution < -0.4 is 9.47 Å². The van der Waals surface area contributed by atoms with Gasteiger partial charge in [-0.2, -0.15) is 13.2 Å². The van der Waals surface area contributed by atoms with E-state index in [1.54, 1.807) is 36.4 Å². The summed E-state index contributed by atoms with van der Waals surface area (Å²) < 4.78 is 61.1. The largest absolute Gasteiger partial charge is 0.490 e. The van der Waals surface area contributed by atoms with E-state index in [1.165, 1.54) is 18.2 Å². The number of benzene rings is 3. The number of halogens is 3. The lowest BCUT2D eigenvalue weighted by Gasteiger charge is -2.21. The molecule has 0 saturated heterocycles. The van der Waals surface area contributed by atoms with Gasteiger partial charge in [-0.05, 0) is 53.9 Å². The molecule has 0 N–H and O–H groups in total. The summed E-state index contributed by atoms with van der Waals surface area (Å²) in [6.07, 6.45) is -2.29. The summed E-state index contributed by atoms with van der Waals surface area (Å²) in [5, 5.41) is 0. The molecule has 0 heterocycles. The lowest BCUT2D eigenvalue weighted by Crippen LogP contribution is -2.33. The fraction of sp³-hybridized carbons (Fsp3) is 0.333. The molecule has 1 unspecified atom stereocenters. The van der Waals surface area contributed by atoms with Gasteiger partial charge in [-0.15, -0.1) is 0 Å². The first-order valence-corrected chi connectivity index (χ1v) is 13.8. The van der Waals surface area contributed by atoms with Gasteiger partial charge in [0.2, 0.25) is 0 Å². The molecule has 9 heteroatoms. The zero-order valence-corrected chi connectivity index (χ0v) is 23.5. The van der Waals surface area contributed by atoms with Crippen LogP contribution in [0.2, 0.25) is 0 Å². The molecule has 0 bridgehead atoms. The molecule has 0 aliphatic carbocycles. The normalized spacial score (nSPS) is 11.9. The van der Waals surface area contributed by atoms with Crippen molar-refractivity contribution in [2.45, 2.75) is 51.3 Å². The smallest absolute Gasteiger partial charge is 0.414 e. The number of unbranched alkanes of at least 4 members (excludes halogenated alkanes) is 3. The molecule has 6 nitrogen and oxygen atoms in total. The zero-order valence-electron chi connectivity index (χ0n) is 23.5. The molecule has 3 aromatic rings. The van der Waals surface area contributed by atoms with Crippen LogP contribution in [0, 0.1) is 0 Å². The van der Waals surface area contributed by atoms with Gasteiger partial charge in [0.15, 0.2) is 6.10 Å². The van der Waals surface area contributed by atoms with Gasteiger partial charge in [-0.3, -0.25) is 0 Å².